The number of hydrogen-bond donors (Lipinski definition) is 2. The fourth-order valence-corrected chi connectivity index (χ4v) is 3.59. The zero-order valence-corrected chi connectivity index (χ0v) is 16.4. The molecule has 1 saturated carbocycles. The van der Waals surface area contributed by atoms with Gasteiger partial charge in [0, 0.05) is 6.07 Å². The molecule has 0 saturated heterocycles. The smallest absolute Gasteiger partial charge is 0.306 e. The van der Waals surface area contributed by atoms with Crippen LogP contribution in [0.2, 0.25) is 0 Å². The lowest BCUT2D eigenvalue weighted by atomic mass is 9.92. The Balaban J connectivity index is 1.92. The average Bonchev–Trinajstić information content (AvgIpc) is 3.22. The number of ether oxygens (including phenoxy) is 2. The van der Waals surface area contributed by atoms with E-state index in [9.17, 15) is 19.8 Å². The van der Waals surface area contributed by atoms with Gasteiger partial charge in [-0.05, 0) is 50.3 Å². The molecule has 1 fully saturated rings. The standard InChI is InChI=1S/C22H26O7/c1-2-27-20(25)12-18(22-21(26)19(24)11-17(13-23)29-22)14-7-9-16(10-8-14)28-15-5-3-4-6-15/h7-11,15,18,23,26H,2-6,12-13H2,1H3. The normalized spacial score (nSPS) is 15.2. The highest BCUT2D eigenvalue weighted by molar-refractivity contribution is 5.71. The molecule has 7 nitrogen and oxygen atoms in total. The molecule has 1 aliphatic carbocycles. The molecule has 0 aliphatic heterocycles. The third-order valence-corrected chi connectivity index (χ3v) is 5.04. The topological polar surface area (TPSA) is 106 Å². The minimum absolute atomic E-state index is 0.0119. The van der Waals surface area contributed by atoms with Crippen LogP contribution < -0.4 is 10.2 Å². The quantitative estimate of drug-likeness (QED) is 0.653. The van der Waals surface area contributed by atoms with Gasteiger partial charge in [-0.2, -0.15) is 0 Å². The van der Waals surface area contributed by atoms with E-state index in [0.29, 0.717) is 5.56 Å². The molecule has 29 heavy (non-hydrogen) atoms. The van der Waals surface area contributed by atoms with Crippen molar-refractivity contribution in [2.75, 3.05) is 6.61 Å². The first-order valence-corrected chi connectivity index (χ1v) is 9.90. The summed E-state index contributed by atoms with van der Waals surface area (Å²) < 4.78 is 16.5. The summed E-state index contributed by atoms with van der Waals surface area (Å²) in [6.07, 6.45) is 4.52. The lowest BCUT2D eigenvalue weighted by molar-refractivity contribution is -0.143. The van der Waals surface area contributed by atoms with Crippen LogP contribution in [0, 0.1) is 0 Å². The second kappa shape index (κ2) is 9.60. The predicted molar refractivity (Wildman–Crippen MR) is 105 cm³/mol. The second-order valence-electron chi connectivity index (χ2n) is 7.10. The van der Waals surface area contributed by atoms with E-state index in [2.05, 4.69) is 0 Å². The van der Waals surface area contributed by atoms with E-state index in [1.165, 1.54) is 12.8 Å². The molecule has 1 aliphatic rings. The third-order valence-electron chi connectivity index (χ3n) is 5.04. The molecular formula is C22H26O7. The molecule has 1 unspecified atom stereocenters. The van der Waals surface area contributed by atoms with Crippen molar-refractivity contribution >= 4 is 5.97 Å². The Morgan fingerprint density at radius 2 is 1.93 bits per heavy atom. The molecule has 156 valence electrons. The summed E-state index contributed by atoms with van der Waals surface area (Å²) in [6, 6.07) is 8.19. The summed E-state index contributed by atoms with van der Waals surface area (Å²) in [5.74, 6) is -1.14. The van der Waals surface area contributed by atoms with Gasteiger partial charge in [0.25, 0.3) is 0 Å². The van der Waals surface area contributed by atoms with Gasteiger partial charge in [0.15, 0.2) is 5.76 Å². The Morgan fingerprint density at radius 3 is 2.55 bits per heavy atom. The number of aliphatic hydroxyl groups is 1. The lowest BCUT2D eigenvalue weighted by Gasteiger charge is -2.19. The summed E-state index contributed by atoms with van der Waals surface area (Å²) in [6.45, 7) is 1.42. The molecule has 1 aromatic carbocycles. The molecule has 3 rings (SSSR count). The van der Waals surface area contributed by atoms with Crippen molar-refractivity contribution in [3.05, 3.63) is 57.6 Å². The number of carbonyl (C=O) groups excluding carboxylic acids is 1. The highest BCUT2D eigenvalue weighted by atomic mass is 16.5. The minimum Gasteiger partial charge on any atom is -0.502 e. The van der Waals surface area contributed by atoms with Crippen molar-refractivity contribution in [2.24, 2.45) is 0 Å². The predicted octanol–water partition coefficient (Wildman–Crippen LogP) is 3.24. The van der Waals surface area contributed by atoms with Crippen LogP contribution in [-0.4, -0.2) is 28.9 Å². The number of benzene rings is 1. The maximum atomic E-state index is 12.2. The molecular weight excluding hydrogens is 376 g/mol. The molecule has 1 aromatic heterocycles. The summed E-state index contributed by atoms with van der Waals surface area (Å²) >= 11 is 0. The van der Waals surface area contributed by atoms with Crippen molar-refractivity contribution in [3.8, 4) is 11.5 Å². The zero-order chi connectivity index (χ0) is 20.8. The first-order chi connectivity index (χ1) is 14.0. The van der Waals surface area contributed by atoms with Crippen LogP contribution in [0.1, 0.15) is 62.0 Å². The Hall–Kier alpha value is -2.80. The van der Waals surface area contributed by atoms with Gasteiger partial charge in [-0.25, -0.2) is 0 Å². The molecule has 1 atom stereocenters. The first-order valence-electron chi connectivity index (χ1n) is 9.90. The second-order valence-corrected chi connectivity index (χ2v) is 7.10. The van der Waals surface area contributed by atoms with Gasteiger partial charge in [0.2, 0.25) is 11.2 Å². The fourth-order valence-electron chi connectivity index (χ4n) is 3.59. The summed E-state index contributed by atoms with van der Waals surface area (Å²) in [4.78, 5) is 24.2. The van der Waals surface area contributed by atoms with Crippen LogP contribution in [0.15, 0.2) is 39.5 Å². The highest BCUT2D eigenvalue weighted by Crippen LogP contribution is 2.34. The van der Waals surface area contributed by atoms with E-state index < -0.39 is 29.7 Å². The van der Waals surface area contributed by atoms with Gasteiger partial charge in [0.1, 0.15) is 18.1 Å². The summed E-state index contributed by atoms with van der Waals surface area (Å²) in [5, 5.41) is 19.6. The van der Waals surface area contributed by atoms with E-state index >= 15 is 0 Å². The minimum atomic E-state index is -0.742. The van der Waals surface area contributed by atoms with Crippen molar-refractivity contribution in [3.63, 3.8) is 0 Å². The van der Waals surface area contributed by atoms with Crippen molar-refractivity contribution in [2.45, 2.75) is 57.7 Å². The molecule has 0 bridgehead atoms. The largest absolute Gasteiger partial charge is 0.502 e. The summed E-state index contributed by atoms with van der Waals surface area (Å²) in [5.41, 5.74) is -0.0179. The molecule has 0 spiro atoms. The van der Waals surface area contributed by atoms with Crippen LogP contribution in [-0.2, 0) is 16.1 Å². The van der Waals surface area contributed by atoms with Crippen LogP contribution in [0.3, 0.4) is 0 Å². The van der Waals surface area contributed by atoms with Crippen LogP contribution >= 0.6 is 0 Å². The Labute approximate surface area is 168 Å². The van der Waals surface area contributed by atoms with Gasteiger partial charge in [-0.1, -0.05) is 12.1 Å². The van der Waals surface area contributed by atoms with E-state index in [4.69, 9.17) is 13.9 Å². The maximum absolute atomic E-state index is 12.2. The molecule has 0 radical (unpaired) electrons. The van der Waals surface area contributed by atoms with Gasteiger partial charge in [0.05, 0.1) is 25.0 Å². The molecule has 1 heterocycles. The maximum Gasteiger partial charge on any atom is 0.306 e. The van der Waals surface area contributed by atoms with E-state index in [-0.39, 0.29) is 30.7 Å². The van der Waals surface area contributed by atoms with Crippen LogP contribution in [0.4, 0.5) is 0 Å². The monoisotopic (exact) mass is 402 g/mol. The molecule has 2 aromatic rings. The molecule has 0 amide bonds. The van der Waals surface area contributed by atoms with E-state index in [1.807, 2.05) is 0 Å². The highest BCUT2D eigenvalue weighted by Gasteiger charge is 2.27. The molecule has 7 heteroatoms. The van der Waals surface area contributed by atoms with Crippen molar-refractivity contribution < 1.29 is 28.9 Å². The average molecular weight is 402 g/mol. The first kappa shape index (κ1) is 20.9. The lowest BCUT2D eigenvalue weighted by Crippen LogP contribution is -2.15. The van der Waals surface area contributed by atoms with Crippen LogP contribution in [0.25, 0.3) is 0 Å². The number of hydrogen-bond acceptors (Lipinski definition) is 7. The number of esters is 1. The van der Waals surface area contributed by atoms with Gasteiger partial charge in [-0.3, -0.25) is 9.59 Å². The zero-order valence-electron chi connectivity index (χ0n) is 16.4. The Bertz CT molecular complexity index is 879. The SMILES string of the molecule is CCOC(=O)CC(c1ccc(OC2CCCC2)cc1)c1oc(CO)cc(=O)c1O. The molecule has 2 N–H and O–H groups in total. The number of aromatic hydroxyl groups is 1. The number of rotatable bonds is 8. The van der Waals surface area contributed by atoms with Gasteiger partial charge in [-0.15, -0.1) is 0 Å². The Kier molecular flexibility index (Phi) is 6.93. The number of carbonyl (C=O) groups is 1. The van der Waals surface area contributed by atoms with Gasteiger partial charge >= 0.3 is 5.97 Å². The third kappa shape index (κ3) is 5.17. The van der Waals surface area contributed by atoms with Crippen molar-refractivity contribution in [1.29, 1.82) is 0 Å². The number of aliphatic hydroxyl groups excluding tert-OH is 1. The van der Waals surface area contributed by atoms with Gasteiger partial charge < -0.3 is 24.1 Å². The Morgan fingerprint density at radius 1 is 1.24 bits per heavy atom. The van der Waals surface area contributed by atoms with E-state index in [0.717, 1.165) is 24.7 Å². The fraction of sp³-hybridized carbons (Fsp3) is 0.455. The van der Waals surface area contributed by atoms with Crippen LogP contribution in [0.5, 0.6) is 11.5 Å². The van der Waals surface area contributed by atoms with E-state index in [1.54, 1.807) is 31.2 Å². The summed E-state index contributed by atoms with van der Waals surface area (Å²) in [7, 11) is 0. The van der Waals surface area contributed by atoms with Crippen molar-refractivity contribution in [1.82, 2.24) is 0 Å².